The molecular weight excluding hydrogens is 474 g/mol. The van der Waals surface area contributed by atoms with E-state index in [1.807, 2.05) is 18.0 Å². The van der Waals surface area contributed by atoms with Gasteiger partial charge in [0.2, 0.25) is 17.7 Å². The molecule has 1 spiro atoms. The average molecular weight is 515 g/mol. The van der Waals surface area contributed by atoms with Gasteiger partial charge in [-0.05, 0) is 70.4 Å². The van der Waals surface area contributed by atoms with Crippen molar-refractivity contribution in [3.8, 4) is 0 Å². The highest BCUT2D eigenvalue weighted by Gasteiger charge is 2.58. The van der Waals surface area contributed by atoms with E-state index in [4.69, 9.17) is 5.73 Å². The first kappa shape index (κ1) is 25.2. The van der Waals surface area contributed by atoms with Gasteiger partial charge in [0.05, 0.1) is 6.04 Å². The number of carbonyl (C=O) groups is 2. The minimum atomic E-state index is -2.59. The largest absolute Gasteiger partial charge is 0.335 e. The standard InChI is InChI=1S/C29H40F2N4O2/c1-33(23-11-12-29(30,31)17-23)21-7-9-24(32)26(36)35-22(15-21)8-10-25(35)27(37)34-18-20(16-28(34)13-14-28)19-5-3-2-4-6-19/h2-6,20-25H,7-18,32H2,1H3/t20-,21+,22-,23+,24+,25+/m1/s1. The Bertz CT molecular complexity index is 1030. The Morgan fingerprint density at radius 3 is 2.43 bits per heavy atom. The Balaban J connectivity index is 1.19. The molecule has 6 rings (SSSR count). The van der Waals surface area contributed by atoms with Crippen LogP contribution < -0.4 is 5.73 Å². The summed E-state index contributed by atoms with van der Waals surface area (Å²) in [4.78, 5) is 33.6. The highest BCUT2D eigenvalue weighted by atomic mass is 19.3. The summed E-state index contributed by atoms with van der Waals surface area (Å²) in [5, 5.41) is 0. The van der Waals surface area contributed by atoms with Crippen LogP contribution >= 0.6 is 0 Å². The van der Waals surface area contributed by atoms with Crippen molar-refractivity contribution in [2.45, 2.75) is 118 Å². The van der Waals surface area contributed by atoms with Crippen LogP contribution in [0.3, 0.4) is 0 Å². The van der Waals surface area contributed by atoms with Crippen molar-refractivity contribution in [3.63, 3.8) is 0 Å². The van der Waals surface area contributed by atoms with Crippen LogP contribution in [0.2, 0.25) is 0 Å². The van der Waals surface area contributed by atoms with E-state index < -0.39 is 18.0 Å². The molecule has 2 N–H and O–H groups in total. The fourth-order valence-corrected chi connectivity index (χ4v) is 7.87. The van der Waals surface area contributed by atoms with E-state index in [0.717, 1.165) is 38.5 Å². The van der Waals surface area contributed by atoms with Crippen molar-refractivity contribution in [1.82, 2.24) is 14.7 Å². The molecule has 2 aliphatic carbocycles. The van der Waals surface area contributed by atoms with Gasteiger partial charge in [0.1, 0.15) is 6.04 Å². The number of hydrogen-bond acceptors (Lipinski definition) is 4. The molecule has 5 aliphatic rings. The zero-order valence-corrected chi connectivity index (χ0v) is 21.8. The predicted molar refractivity (Wildman–Crippen MR) is 137 cm³/mol. The van der Waals surface area contributed by atoms with Gasteiger partial charge in [-0.1, -0.05) is 30.3 Å². The Kier molecular flexibility index (Phi) is 6.34. The van der Waals surface area contributed by atoms with Crippen molar-refractivity contribution in [1.29, 1.82) is 0 Å². The molecule has 37 heavy (non-hydrogen) atoms. The molecule has 8 heteroatoms. The second-order valence-electron chi connectivity index (χ2n) is 12.5. The first-order valence-electron chi connectivity index (χ1n) is 14.2. The SMILES string of the molecule is CN([C@H]1CC[C@H](N)C(=O)N2[C@H](CC[C@H]2C(=O)N2C[C@H](c3ccccc3)CC23CC3)C1)[C@H]1CCC(F)(F)C1. The van der Waals surface area contributed by atoms with Gasteiger partial charge in [-0.15, -0.1) is 0 Å². The van der Waals surface area contributed by atoms with Crippen LogP contribution in [-0.4, -0.2) is 81.8 Å². The summed E-state index contributed by atoms with van der Waals surface area (Å²) in [6.45, 7) is 0.708. The average Bonchev–Trinajstić information content (AvgIpc) is 3.20. The maximum Gasteiger partial charge on any atom is 0.249 e. The molecule has 1 aromatic rings. The molecule has 0 aromatic heterocycles. The molecule has 5 fully saturated rings. The van der Waals surface area contributed by atoms with Crippen molar-refractivity contribution >= 4 is 11.8 Å². The number of carbonyl (C=O) groups excluding carboxylic acids is 2. The van der Waals surface area contributed by atoms with Crippen molar-refractivity contribution < 1.29 is 18.4 Å². The molecular formula is C29H40F2N4O2. The zero-order chi connectivity index (χ0) is 25.9. The van der Waals surface area contributed by atoms with Gasteiger partial charge in [0, 0.05) is 49.0 Å². The second-order valence-corrected chi connectivity index (χ2v) is 12.5. The molecule has 2 saturated carbocycles. The highest BCUT2D eigenvalue weighted by molar-refractivity contribution is 5.91. The fourth-order valence-electron chi connectivity index (χ4n) is 7.87. The van der Waals surface area contributed by atoms with Crippen LogP contribution in [0.1, 0.15) is 82.1 Å². The number of amides is 2. The van der Waals surface area contributed by atoms with Gasteiger partial charge >= 0.3 is 0 Å². The molecule has 6 nitrogen and oxygen atoms in total. The number of fused-ring (bicyclic) bond motifs is 1. The quantitative estimate of drug-likeness (QED) is 0.662. The molecule has 202 valence electrons. The number of nitrogens with zero attached hydrogens (tertiary/aromatic N) is 3. The maximum absolute atomic E-state index is 14.1. The van der Waals surface area contributed by atoms with Gasteiger partial charge in [-0.2, -0.15) is 0 Å². The molecule has 0 unspecified atom stereocenters. The van der Waals surface area contributed by atoms with Crippen molar-refractivity contribution in [2.24, 2.45) is 5.73 Å². The molecule has 0 radical (unpaired) electrons. The third-order valence-corrected chi connectivity index (χ3v) is 10.2. The van der Waals surface area contributed by atoms with Gasteiger partial charge in [0.25, 0.3) is 0 Å². The Morgan fingerprint density at radius 2 is 1.76 bits per heavy atom. The lowest BCUT2D eigenvalue weighted by Gasteiger charge is -2.41. The summed E-state index contributed by atoms with van der Waals surface area (Å²) < 4.78 is 27.9. The zero-order valence-electron chi connectivity index (χ0n) is 21.8. The monoisotopic (exact) mass is 514 g/mol. The summed E-state index contributed by atoms with van der Waals surface area (Å²) in [5.74, 6) is -2.29. The summed E-state index contributed by atoms with van der Waals surface area (Å²) in [5.41, 5.74) is 7.61. The maximum atomic E-state index is 14.1. The van der Waals surface area contributed by atoms with E-state index in [-0.39, 0.29) is 48.3 Å². The van der Waals surface area contributed by atoms with Crippen LogP contribution in [0.15, 0.2) is 30.3 Å². The normalized spacial score (nSPS) is 36.6. The number of nitrogens with two attached hydrogens (primary N) is 1. The third kappa shape index (κ3) is 4.58. The number of hydrogen-bond donors (Lipinski definition) is 1. The lowest BCUT2D eigenvalue weighted by atomic mass is 9.93. The molecule has 3 aliphatic heterocycles. The number of rotatable bonds is 4. The fraction of sp³-hybridized carbons (Fsp3) is 0.724. The van der Waals surface area contributed by atoms with E-state index in [2.05, 4.69) is 34.1 Å². The van der Waals surface area contributed by atoms with Crippen LogP contribution in [0, 0.1) is 0 Å². The van der Waals surface area contributed by atoms with Gasteiger partial charge in [0.15, 0.2) is 0 Å². The van der Waals surface area contributed by atoms with Crippen LogP contribution in [0.5, 0.6) is 0 Å². The van der Waals surface area contributed by atoms with Crippen LogP contribution in [0.25, 0.3) is 0 Å². The summed E-state index contributed by atoms with van der Waals surface area (Å²) in [7, 11) is 1.96. The topological polar surface area (TPSA) is 69.9 Å². The summed E-state index contributed by atoms with van der Waals surface area (Å²) >= 11 is 0. The Hall–Kier alpha value is -2.06. The molecule has 3 heterocycles. The van der Waals surface area contributed by atoms with Crippen LogP contribution in [-0.2, 0) is 9.59 Å². The van der Waals surface area contributed by atoms with Crippen molar-refractivity contribution in [2.75, 3.05) is 13.6 Å². The predicted octanol–water partition coefficient (Wildman–Crippen LogP) is 3.89. The lowest BCUT2D eigenvalue weighted by molar-refractivity contribution is -0.148. The summed E-state index contributed by atoms with van der Waals surface area (Å²) in [6.07, 6.45) is 6.79. The molecule has 3 saturated heterocycles. The van der Waals surface area contributed by atoms with E-state index >= 15 is 0 Å². The molecule has 6 atom stereocenters. The first-order chi connectivity index (χ1) is 17.7. The number of likely N-dealkylation sites (tertiary alicyclic amines) is 1. The number of benzene rings is 1. The Labute approximate surface area is 218 Å². The van der Waals surface area contributed by atoms with Gasteiger partial charge in [-0.25, -0.2) is 8.78 Å². The van der Waals surface area contributed by atoms with E-state index in [9.17, 15) is 18.4 Å². The number of halogens is 2. The minimum absolute atomic E-state index is 0.0551. The van der Waals surface area contributed by atoms with Gasteiger partial charge < -0.3 is 20.4 Å². The smallest absolute Gasteiger partial charge is 0.249 e. The summed E-state index contributed by atoms with van der Waals surface area (Å²) in [6, 6.07) is 9.20. The highest BCUT2D eigenvalue weighted by Crippen LogP contribution is 2.54. The lowest BCUT2D eigenvalue weighted by Crippen LogP contribution is -2.58. The third-order valence-electron chi connectivity index (χ3n) is 10.2. The number of alkyl halides is 2. The molecule has 2 amide bonds. The van der Waals surface area contributed by atoms with Gasteiger partial charge in [-0.3, -0.25) is 9.59 Å². The molecule has 0 bridgehead atoms. The van der Waals surface area contributed by atoms with Crippen LogP contribution in [0.4, 0.5) is 8.78 Å². The minimum Gasteiger partial charge on any atom is -0.335 e. The molecule has 1 aromatic carbocycles. The van der Waals surface area contributed by atoms with E-state index in [1.54, 1.807) is 0 Å². The van der Waals surface area contributed by atoms with E-state index in [0.29, 0.717) is 31.7 Å². The Morgan fingerprint density at radius 1 is 1.00 bits per heavy atom. The second kappa shape index (κ2) is 9.30. The van der Waals surface area contributed by atoms with Crippen molar-refractivity contribution in [3.05, 3.63) is 35.9 Å². The van der Waals surface area contributed by atoms with E-state index in [1.165, 1.54) is 5.56 Å². The first-order valence-corrected chi connectivity index (χ1v) is 14.2.